The summed E-state index contributed by atoms with van der Waals surface area (Å²) in [5.41, 5.74) is 2.21. The summed E-state index contributed by atoms with van der Waals surface area (Å²) in [7, 11) is 0. The van der Waals surface area contributed by atoms with Gasteiger partial charge in [0.2, 0.25) is 0 Å². The van der Waals surface area contributed by atoms with E-state index in [0.29, 0.717) is 30.1 Å². The van der Waals surface area contributed by atoms with Crippen molar-refractivity contribution in [1.82, 2.24) is 0 Å². The molecule has 1 fully saturated rings. The number of hydrogen-bond acceptors (Lipinski definition) is 5. The van der Waals surface area contributed by atoms with Gasteiger partial charge in [-0.2, -0.15) is 0 Å². The van der Waals surface area contributed by atoms with Crippen LogP contribution in [-0.2, 0) is 4.74 Å². The van der Waals surface area contributed by atoms with E-state index in [1.54, 1.807) is 36.4 Å². The molecule has 0 bridgehead atoms. The van der Waals surface area contributed by atoms with Gasteiger partial charge in [0.1, 0.15) is 11.3 Å². The van der Waals surface area contributed by atoms with Crippen LogP contribution in [0.2, 0.25) is 0 Å². The third kappa shape index (κ3) is 2.74. The lowest BCUT2D eigenvalue weighted by atomic mass is 10.0. The van der Waals surface area contributed by atoms with Gasteiger partial charge in [-0.1, -0.05) is 18.2 Å². The van der Waals surface area contributed by atoms with E-state index >= 15 is 0 Å². The molecule has 1 aliphatic rings. The van der Waals surface area contributed by atoms with Crippen LogP contribution in [-0.4, -0.2) is 31.4 Å². The van der Waals surface area contributed by atoms with Crippen molar-refractivity contribution in [2.45, 2.75) is 0 Å². The summed E-state index contributed by atoms with van der Waals surface area (Å²) in [6.45, 7) is 2.71. The molecule has 1 aromatic heterocycles. The quantitative estimate of drug-likeness (QED) is 0.785. The van der Waals surface area contributed by atoms with E-state index in [-0.39, 0.29) is 11.2 Å². The van der Waals surface area contributed by atoms with Crippen molar-refractivity contribution in [3.63, 3.8) is 0 Å². The van der Waals surface area contributed by atoms with Gasteiger partial charge in [0, 0.05) is 19.2 Å². The number of aromatic hydroxyl groups is 1. The number of anilines is 1. The minimum absolute atomic E-state index is 0.0697. The van der Waals surface area contributed by atoms with E-state index < -0.39 is 0 Å². The fourth-order valence-corrected chi connectivity index (χ4v) is 2.95. The Hall–Kier alpha value is -2.79. The van der Waals surface area contributed by atoms with Crippen molar-refractivity contribution in [3.05, 3.63) is 58.8 Å². The van der Waals surface area contributed by atoms with E-state index in [0.717, 1.165) is 24.2 Å². The molecule has 0 spiro atoms. The number of fused-ring (bicyclic) bond motifs is 1. The average Bonchev–Trinajstić information content (AvgIpc) is 2.62. The second-order valence-corrected chi connectivity index (χ2v) is 5.81. The first-order valence-electron chi connectivity index (χ1n) is 7.91. The van der Waals surface area contributed by atoms with Gasteiger partial charge in [0.05, 0.1) is 18.6 Å². The minimum Gasteiger partial charge on any atom is -0.508 e. The number of rotatable bonds is 2. The first kappa shape index (κ1) is 14.8. The monoisotopic (exact) mass is 323 g/mol. The van der Waals surface area contributed by atoms with Crippen LogP contribution in [0, 0.1) is 0 Å². The molecule has 4 rings (SSSR count). The maximum atomic E-state index is 12.5. The number of phenols is 1. The van der Waals surface area contributed by atoms with Crippen LogP contribution in [0.25, 0.3) is 22.1 Å². The second kappa shape index (κ2) is 6.02. The van der Waals surface area contributed by atoms with Crippen LogP contribution >= 0.6 is 0 Å². The molecule has 2 aromatic carbocycles. The molecule has 0 atom stereocenters. The van der Waals surface area contributed by atoms with Crippen molar-refractivity contribution in [2.75, 3.05) is 31.2 Å². The predicted octanol–water partition coefficient (Wildman–Crippen LogP) is 3.00. The molecule has 2 heterocycles. The number of hydrogen-bond donors (Lipinski definition) is 1. The third-order valence-electron chi connectivity index (χ3n) is 4.22. The van der Waals surface area contributed by atoms with Crippen LogP contribution in [0.3, 0.4) is 0 Å². The van der Waals surface area contributed by atoms with Gasteiger partial charge in [-0.25, -0.2) is 0 Å². The summed E-state index contributed by atoms with van der Waals surface area (Å²) in [6.07, 6.45) is 0. The van der Waals surface area contributed by atoms with E-state index in [1.807, 2.05) is 17.0 Å². The highest BCUT2D eigenvalue weighted by Crippen LogP contribution is 2.27. The molecule has 5 nitrogen and oxygen atoms in total. The van der Waals surface area contributed by atoms with E-state index in [1.165, 1.54) is 0 Å². The summed E-state index contributed by atoms with van der Waals surface area (Å²) in [5.74, 6) is 0.781. The Morgan fingerprint density at radius 1 is 0.958 bits per heavy atom. The maximum Gasteiger partial charge on any atom is 0.200 e. The lowest BCUT2D eigenvalue weighted by Crippen LogP contribution is -2.36. The second-order valence-electron chi connectivity index (χ2n) is 5.81. The third-order valence-corrected chi connectivity index (χ3v) is 4.22. The molecular weight excluding hydrogens is 306 g/mol. The molecule has 24 heavy (non-hydrogen) atoms. The molecular formula is C19H17NO4. The molecule has 3 aromatic rings. The van der Waals surface area contributed by atoms with Crippen molar-refractivity contribution in [1.29, 1.82) is 0 Å². The van der Waals surface area contributed by atoms with Gasteiger partial charge >= 0.3 is 0 Å². The smallest absolute Gasteiger partial charge is 0.200 e. The highest BCUT2D eigenvalue weighted by Gasteiger charge is 2.15. The van der Waals surface area contributed by atoms with E-state index in [9.17, 15) is 9.90 Å². The predicted molar refractivity (Wildman–Crippen MR) is 92.6 cm³/mol. The Morgan fingerprint density at radius 3 is 2.54 bits per heavy atom. The summed E-state index contributed by atoms with van der Waals surface area (Å²) in [4.78, 5) is 14.5. The van der Waals surface area contributed by atoms with Crippen molar-refractivity contribution in [3.8, 4) is 16.9 Å². The normalized spacial score (nSPS) is 14.9. The molecule has 0 saturated carbocycles. The van der Waals surface area contributed by atoms with Crippen LogP contribution in [0.15, 0.2) is 57.7 Å². The van der Waals surface area contributed by atoms with Gasteiger partial charge in [-0.05, 0) is 35.4 Å². The Kier molecular flexibility index (Phi) is 3.70. The Bertz CT molecular complexity index is 941. The van der Waals surface area contributed by atoms with Gasteiger partial charge in [-0.15, -0.1) is 0 Å². The van der Waals surface area contributed by atoms with Crippen LogP contribution in [0.5, 0.6) is 5.75 Å². The highest BCUT2D eigenvalue weighted by atomic mass is 16.5. The molecule has 0 unspecified atom stereocenters. The van der Waals surface area contributed by atoms with Crippen LogP contribution in [0.4, 0.5) is 5.88 Å². The molecule has 0 aliphatic carbocycles. The lowest BCUT2D eigenvalue weighted by Gasteiger charge is -2.27. The van der Waals surface area contributed by atoms with Gasteiger partial charge < -0.3 is 19.2 Å². The largest absolute Gasteiger partial charge is 0.508 e. The first-order valence-corrected chi connectivity index (χ1v) is 7.91. The Labute approximate surface area is 138 Å². The molecule has 1 saturated heterocycles. The van der Waals surface area contributed by atoms with Gasteiger partial charge in [-0.3, -0.25) is 4.79 Å². The first-order chi connectivity index (χ1) is 11.7. The number of morpholine rings is 1. The molecule has 1 N–H and O–H groups in total. The Balaban J connectivity index is 1.78. The molecule has 5 heteroatoms. The summed E-state index contributed by atoms with van der Waals surface area (Å²) in [6, 6.07) is 14.0. The van der Waals surface area contributed by atoms with Crippen molar-refractivity contribution < 1.29 is 14.3 Å². The number of ether oxygens (including phenoxy) is 1. The van der Waals surface area contributed by atoms with E-state index in [4.69, 9.17) is 9.15 Å². The summed E-state index contributed by atoms with van der Waals surface area (Å²) >= 11 is 0. The zero-order chi connectivity index (χ0) is 16.5. The zero-order valence-corrected chi connectivity index (χ0v) is 13.1. The topological polar surface area (TPSA) is 62.9 Å². The molecule has 122 valence electrons. The summed E-state index contributed by atoms with van der Waals surface area (Å²) < 4.78 is 11.2. The lowest BCUT2D eigenvalue weighted by molar-refractivity contribution is 0.121. The van der Waals surface area contributed by atoms with Crippen molar-refractivity contribution in [2.24, 2.45) is 0 Å². The van der Waals surface area contributed by atoms with E-state index in [2.05, 4.69) is 0 Å². The van der Waals surface area contributed by atoms with Crippen molar-refractivity contribution >= 4 is 16.9 Å². The summed E-state index contributed by atoms with van der Waals surface area (Å²) in [5, 5.41) is 10.2. The fraction of sp³-hybridized carbons (Fsp3) is 0.211. The van der Waals surface area contributed by atoms with Gasteiger partial charge in [0.25, 0.3) is 0 Å². The SMILES string of the molecule is O=c1cc(N2CCOCC2)oc2ccc(-c3cccc(O)c3)cc12. The average molecular weight is 323 g/mol. The standard InChI is InChI=1S/C19H17NO4/c21-15-3-1-2-13(10-15)14-4-5-18-16(11-14)17(22)12-19(24-18)20-6-8-23-9-7-20/h1-5,10-12,21H,6-9H2. The number of nitrogens with zero attached hydrogens (tertiary/aromatic N) is 1. The number of phenolic OH excluding ortho intramolecular Hbond substituents is 1. The molecule has 0 amide bonds. The van der Waals surface area contributed by atoms with Gasteiger partial charge in [0.15, 0.2) is 11.3 Å². The zero-order valence-electron chi connectivity index (χ0n) is 13.1. The van der Waals surface area contributed by atoms with Crippen LogP contribution < -0.4 is 10.3 Å². The molecule has 1 aliphatic heterocycles. The Morgan fingerprint density at radius 2 is 1.75 bits per heavy atom. The fourth-order valence-electron chi connectivity index (χ4n) is 2.95. The van der Waals surface area contributed by atoms with Crippen LogP contribution in [0.1, 0.15) is 0 Å². The molecule has 0 radical (unpaired) electrons. The highest BCUT2D eigenvalue weighted by molar-refractivity contribution is 5.84. The maximum absolute atomic E-state index is 12.5. The minimum atomic E-state index is -0.0697. The number of benzene rings is 2.